The summed E-state index contributed by atoms with van der Waals surface area (Å²) in [6.45, 7) is 2.17. The lowest BCUT2D eigenvalue weighted by Crippen LogP contribution is -2.08. The van der Waals surface area contributed by atoms with Crippen molar-refractivity contribution in [1.29, 1.82) is 0 Å². The third-order valence-electron chi connectivity index (χ3n) is 2.26. The van der Waals surface area contributed by atoms with Gasteiger partial charge in [0.15, 0.2) is 0 Å². The van der Waals surface area contributed by atoms with Crippen LogP contribution in [0.25, 0.3) is 0 Å². The van der Waals surface area contributed by atoms with E-state index < -0.39 is 0 Å². The number of esters is 1. The lowest BCUT2D eigenvalue weighted by Gasteiger charge is -2.02. The number of rotatable bonds is 7. The molecule has 1 rings (SSSR count). The van der Waals surface area contributed by atoms with Crippen LogP contribution in [0.4, 0.5) is 0 Å². The lowest BCUT2D eigenvalue weighted by molar-refractivity contribution is -0.134. The monoisotopic (exact) mass is 222 g/mol. The summed E-state index contributed by atoms with van der Waals surface area (Å²) in [5.41, 5.74) is 0. The number of aromatic nitrogens is 2. The van der Waals surface area contributed by atoms with Crippen molar-refractivity contribution in [3.8, 4) is 5.88 Å². The first-order valence-corrected chi connectivity index (χ1v) is 5.79. The van der Waals surface area contributed by atoms with Crippen LogP contribution in [0.1, 0.15) is 45.4 Å². The fraction of sp³-hybridized carbons (Fsp3) is 0.583. The molecule has 0 aliphatic heterocycles. The highest BCUT2D eigenvalue weighted by Gasteiger charge is 2.04. The van der Waals surface area contributed by atoms with Crippen molar-refractivity contribution in [1.82, 2.24) is 9.97 Å². The van der Waals surface area contributed by atoms with Gasteiger partial charge in [-0.3, -0.25) is 4.79 Å². The molecule has 4 heteroatoms. The van der Waals surface area contributed by atoms with Crippen LogP contribution < -0.4 is 4.74 Å². The fourth-order valence-corrected chi connectivity index (χ4v) is 1.38. The molecule has 0 fully saturated rings. The molecule has 0 saturated carbocycles. The van der Waals surface area contributed by atoms with E-state index in [0.717, 1.165) is 12.8 Å². The molecule has 0 radical (unpaired) electrons. The molecule has 0 N–H and O–H groups in total. The molecule has 16 heavy (non-hydrogen) atoms. The quantitative estimate of drug-likeness (QED) is 0.525. The zero-order valence-electron chi connectivity index (χ0n) is 9.69. The maximum Gasteiger partial charge on any atom is 0.312 e. The summed E-state index contributed by atoms with van der Waals surface area (Å²) < 4.78 is 5.03. The number of ether oxygens (including phenoxy) is 1. The Bertz CT molecular complexity index is 301. The molecule has 88 valence electrons. The summed E-state index contributed by atoms with van der Waals surface area (Å²) in [4.78, 5) is 18.9. The van der Waals surface area contributed by atoms with E-state index in [1.165, 1.54) is 25.6 Å². The Morgan fingerprint density at radius 3 is 2.81 bits per heavy atom. The second kappa shape index (κ2) is 7.79. The lowest BCUT2D eigenvalue weighted by atomic mass is 10.1. The van der Waals surface area contributed by atoms with E-state index in [1.807, 2.05) is 0 Å². The highest BCUT2D eigenvalue weighted by atomic mass is 16.5. The van der Waals surface area contributed by atoms with Crippen LogP contribution in [0.2, 0.25) is 0 Å². The fourth-order valence-electron chi connectivity index (χ4n) is 1.38. The van der Waals surface area contributed by atoms with Crippen LogP contribution >= 0.6 is 0 Å². The molecule has 0 aliphatic carbocycles. The van der Waals surface area contributed by atoms with Crippen molar-refractivity contribution in [2.45, 2.75) is 45.4 Å². The van der Waals surface area contributed by atoms with Crippen molar-refractivity contribution in [2.75, 3.05) is 0 Å². The first-order valence-electron chi connectivity index (χ1n) is 5.79. The minimum atomic E-state index is -0.213. The molecular weight excluding hydrogens is 204 g/mol. The van der Waals surface area contributed by atoms with Gasteiger partial charge in [0.05, 0.1) is 0 Å². The van der Waals surface area contributed by atoms with Crippen LogP contribution in [-0.2, 0) is 4.79 Å². The summed E-state index contributed by atoms with van der Waals surface area (Å²) in [6.07, 6.45) is 9.01. The molecule has 0 atom stereocenters. The standard InChI is InChI=1S/C12H18N2O2/c1-2-3-4-5-6-7-12(15)16-11-8-9-13-10-14-11/h8-10H,2-7H2,1H3. The van der Waals surface area contributed by atoms with E-state index in [1.54, 1.807) is 12.3 Å². The van der Waals surface area contributed by atoms with E-state index in [-0.39, 0.29) is 5.97 Å². The maximum absolute atomic E-state index is 11.4. The van der Waals surface area contributed by atoms with Gasteiger partial charge in [-0.25, -0.2) is 9.97 Å². The predicted octanol–water partition coefficient (Wildman–Crippen LogP) is 2.74. The number of carbonyl (C=O) groups excluding carboxylic acids is 1. The van der Waals surface area contributed by atoms with Crippen molar-refractivity contribution in [2.24, 2.45) is 0 Å². The number of hydrogen-bond donors (Lipinski definition) is 0. The van der Waals surface area contributed by atoms with Crippen molar-refractivity contribution in [3.05, 3.63) is 18.6 Å². The Balaban J connectivity index is 2.12. The SMILES string of the molecule is CCCCCCCC(=O)Oc1ccncn1. The van der Waals surface area contributed by atoms with Gasteiger partial charge < -0.3 is 4.74 Å². The Morgan fingerprint density at radius 1 is 1.31 bits per heavy atom. The second-order valence-electron chi connectivity index (χ2n) is 3.69. The molecule has 0 spiro atoms. The summed E-state index contributed by atoms with van der Waals surface area (Å²) in [6, 6.07) is 1.58. The van der Waals surface area contributed by atoms with Crippen molar-refractivity contribution in [3.63, 3.8) is 0 Å². The molecule has 1 aromatic heterocycles. The van der Waals surface area contributed by atoms with Crippen molar-refractivity contribution >= 4 is 5.97 Å². The van der Waals surface area contributed by atoms with Gasteiger partial charge in [0, 0.05) is 18.7 Å². The summed E-state index contributed by atoms with van der Waals surface area (Å²) in [5, 5.41) is 0. The number of hydrogen-bond acceptors (Lipinski definition) is 4. The number of nitrogens with zero attached hydrogens (tertiary/aromatic N) is 2. The second-order valence-corrected chi connectivity index (χ2v) is 3.69. The van der Waals surface area contributed by atoms with Gasteiger partial charge in [-0.05, 0) is 6.42 Å². The minimum absolute atomic E-state index is 0.213. The third kappa shape index (κ3) is 5.44. The largest absolute Gasteiger partial charge is 0.407 e. The van der Waals surface area contributed by atoms with E-state index >= 15 is 0 Å². The van der Waals surface area contributed by atoms with Gasteiger partial charge in [-0.15, -0.1) is 0 Å². The highest BCUT2D eigenvalue weighted by molar-refractivity contribution is 5.71. The van der Waals surface area contributed by atoms with E-state index in [4.69, 9.17) is 4.74 Å². The molecule has 0 unspecified atom stereocenters. The van der Waals surface area contributed by atoms with Crippen molar-refractivity contribution < 1.29 is 9.53 Å². The minimum Gasteiger partial charge on any atom is -0.407 e. The zero-order valence-corrected chi connectivity index (χ0v) is 9.69. The highest BCUT2D eigenvalue weighted by Crippen LogP contribution is 2.08. The first-order chi connectivity index (χ1) is 7.83. The molecule has 0 amide bonds. The smallest absolute Gasteiger partial charge is 0.312 e. The number of unbranched alkanes of at least 4 members (excludes halogenated alkanes) is 4. The van der Waals surface area contributed by atoms with E-state index in [2.05, 4.69) is 16.9 Å². The van der Waals surface area contributed by atoms with Gasteiger partial charge in [-0.1, -0.05) is 32.6 Å². The van der Waals surface area contributed by atoms with Gasteiger partial charge in [0.25, 0.3) is 0 Å². The normalized spacial score (nSPS) is 10.1. The average Bonchev–Trinajstić information content (AvgIpc) is 2.30. The van der Waals surface area contributed by atoms with Crippen LogP contribution in [0.15, 0.2) is 18.6 Å². The van der Waals surface area contributed by atoms with E-state index in [9.17, 15) is 4.79 Å². The zero-order chi connectivity index (χ0) is 11.6. The molecule has 0 saturated heterocycles. The van der Waals surface area contributed by atoms with Gasteiger partial charge in [0.2, 0.25) is 5.88 Å². The Morgan fingerprint density at radius 2 is 2.12 bits per heavy atom. The van der Waals surface area contributed by atoms with E-state index in [0.29, 0.717) is 12.3 Å². The molecule has 4 nitrogen and oxygen atoms in total. The van der Waals surface area contributed by atoms with Gasteiger partial charge in [0.1, 0.15) is 6.33 Å². The Kier molecular flexibility index (Phi) is 6.15. The molecule has 1 heterocycles. The van der Waals surface area contributed by atoms with Crippen LogP contribution in [-0.4, -0.2) is 15.9 Å². The molecule has 0 aliphatic rings. The molecule has 0 aromatic carbocycles. The Labute approximate surface area is 96.1 Å². The topological polar surface area (TPSA) is 52.1 Å². The molecule has 1 aromatic rings. The average molecular weight is 222 g/mol. The summed E-state index contributed by atoms with van der Waals surface area (Å²) in [5.74, 6) is 0.115. The van der Waals surface area contributed by atoms with Gasteiger partial charge in [-0.2, -0.15) is 0 Å². The maximum atomic E-state index is 11.4. The molecular formula is C12H18N2O2. The first kappa shape index (κ1) is 12.6. The van der Waals surface area contributed by atoms with Crippen LogP contribution in [0, 0.1) is 0 Å². The number of carbonyl (C=O) groups is 1. The van der Waals surface area contributed by atoms with Gasteiger partial charge >= 0.3 is 5.97 Å². The van der Waals surface area contributed by atoms with Crippen LogP contribution in [0.5, 0.6) is 5.88 Å². The molecule has 0 bridgehead atoms. The predicted molar refractivity (Wildman–Crippen MR) is 61.0 cm³/mol. The Hall–Kier alpha value is -1.45. The third-order valence-corrected chi connectivity index (χ3v) is 2.26. The summed E-state index contributed by atoms with van der Waals surface area (Å²) >= 11 is 0. The van der Waals surface area contributed by atoms with Crippen LogP contribution in [0.3, 0.4) is 0 Å². The summed E-state index contributed by atoms with van der Waals surface area (Å²) in [7, 11) is 0.